The highest BCUT2D eigenvalue weighted by Crippen LogP contribution is 2.24. The summed E-state index contributed by atoms with van der Waals surface area (Å²) in [4.78, 5) is 14.1. The summed E-state index contributed by atoms with van der Waals surface area (Å²) in [5.74, 6) is 6.50. The summed E-state index contributed by atoms with van der Waals surface area (Å²) in [7, 11) is 3.31. The second-order valence-electron chi connectivity index (χ2n) is 6.01. The van der Waals surface area contributed by atoms with E-state index in [4.69, 9.17) is 10.6 Å². The second kappa shape index (κ2) is 8.75. The molecule has 0 aliphatic heterocycles. The molecular formula is C19H20FN5O2S. The summed E-state index contributed by atoms with van der Waals surface area (Å²) in [5.41, 5.74) is 1.17. The van der Waals surface area contributed by atoms with Gasteiger partial charge in [-0.3, -0.25) is 4.79 Å². The Morgan fingerprint density at radius 3 is 2.68 bits per heavy atom. The standard InChI is InChI=1S/C19H20FN5O2S/c1-24(11-13-7-3-6-10-16(13)27-2)17(26)12-28-19-23-22-18(25(19)21)14-8-4-5-9-15(14)20/h3-10H,11-12,21H2,1-2H3. The molecule has 3 rings (SSSR count). The average Bonchev–Trinajstić information content (AvgIpc) is 3.07. The van der Waals surface area contributed by atoms with Crippen molar-refractivity contribution in [3.63, 3.8) is 0 Å². The molecule has 7 nitrogen and oxygen atoms in total. The first-order valence-electron chi connectivity index (χ1n) is 8.45. The summed E-state index contributed by atoms with van der Waals surface area (Å²) in [6.45, 7) is 0.416. The van der Waals surface area contributed by atoms with Crippen LogP contribution in [0.4, 0.5) is 4.39 Å². The van der Waals surface area contributed by atoms with Gasteiger partial charge < -0.3 is 15.5 Å². The van der Waals surface area contributed by atoms with Gasteiger partial charge >= 0.3 is 0 Å². The number of halogens is 1. The first kappa shape index (κ1) is 19.7. The molecule has 3 aromatic rings. The number of ether oxygens (including phenoxy) is 1. The number of nitrogens with zero attached hydrogens (tertiary/aromatic N) is 4. The van der Waals surface area contributed by atoms with Crippen molar-refractivity contribution >= 4 is 17.7 Å². The number of aromatic nitrogens is 3. The van der Waals surface area contributed by atoms with Crippen molar-refractivity contribution in [1.29, 1.82) is 0 Å². The lowest BCUT2D eigenvalue weighted by molar-refractivity contribution is -0.127. The van der Waals surface area contributed by atoms with Crippen LogP contribution in [0, 0.1) is 5.82 Å². The van der Waals surface area contributed by atoms with Gasteiger partial charge in [-0.2, -0.15) is 0 Å². The number of benzene rings is 2. The maximum absolute atomic E-state index is 13.9. The van der Waals surface area contributed by atoms with Crippen LogP contribution in [0.2, 0.25) is 0 Å². The molecule has 0 aliphatic rings. The Morgan fingerprint density at radius 2 is 1.93 bits per heavy atom. The molecule has 0 aliphatic carbocycles. The highest BCUT2D eigenvalue weighted by atomic mass is 32.2. The predicted octanol–water partition coefficient (Wildman–Crippen LogP) is 2.56. The Hall–Kier alpha value is -3.07. The molecular weight excluding hydrogens is 381 g/mol. The fraction of sp³-hybridized carbons (Fsp3) is 0.211. The number of carbonyl (C=O) groups excluding carboxylic acids is 1. The monoisotopic (exact) mass is 401 g/mol. The van der Waals surface area contributed by atoms with Gasteiger partial charge in [-0.25, -0.2) is 9.07 Å². The number of rotatable bonds is 7. The highest BCUT2D eigenvalue weighted by molar-refractivity contribution is 7.99. The van der Waals surface area contributed by atoms with Gasteiger partial charge in [0.25, 0.3) is 0 Å². The molecule has 0 saturated heterocycles. The Labute approximate surface area is 166 Å². The van der Waals surface area contributed by atoms with E-state index in [0.717, 1.165) is 23.1 Å². The Bertz CT molecular complexity index is 978. The van der Waals surface area contributed by atoms with Crippen LogP contribution in [0.15, 0.2) is 53.7 Å². The van der Waals surface area contributed by atoms with E-state index in [1.54, 1.807) is 37.3 Å². The van der Waals surface area contributed by atoms with Crippen LogP contribution in [-0.2, 0) is 11.3 Å². The van der Waals surface area contributed by atoms with E-state index in [2.05, 4.69) is 10.2 Å². The van der Waals surface area contributed by atoms with Crippen LogP contribution in [0.25, 0.3) is 11.4 Å². The molecule has 2 aromatic carbocycles. The van der Waals surface area contributed by atoms with Crippen molar-refractivity contribution in [2.45, 2.75) is 11.7 Å². The number of nitrogens with two attached hydrogens (primary N) is 1. The Morgan fingerprint density at radius 1 is 1.21 bits per heavy atom. The van der Waals surface area contributed by atoms with E-state index in [-0.39, 0.29) is 23.0 Å². The van der Waals surface area contributed by atoms with E-state index in [1.165, 1.54) is 10.7 Å². The van der Waals surface area contributed by atoms with Gasteiger partial charge in [-0.05, 0) is 18.2 Å². The number of hydrogen-bond acceptors (Lipinski definition) is 6. The zero-order valence-electron chi connectivity index (χ0n) is 15.5. The second-order valence-corrected chi connectivity index (χ2v) is 6.95. The molecule has 1 amide bonds. The molecule has 146 valence electrons. The van der Waals surface area contributed by atoms with E-state index in [9.17, 15) is 9.18 Å². The lowest BCUT2D eigenvalue weighted by atomic mass is 10.2. The molecule has 0 bridgehead atoms. The van der Waals surface area contributed by atoms with Crippen LogP contribution in [0.3, 0.4) is 0 Å². The fourth-order valence-corrected chi connectivity index (χ4v) is 3.41. The minimum Gasteiger partial charge on any atom is -0.496 e. The highest BCUT2D eigenvalue weighted by Gasteiger charge is 2.18. The van der Waals surface area contributed by atoms with Crippen LogP contribution >= 0.6 is 11.8 Å². The van der Waals surface area contributed by atoms with E-state index < -0.39 is 5.82 Å². The third kappa shape index (κ3) is 4.25. The number of carbonyl (C=O) groups is 1. The summed E-state index contributed by atoms with van der Waals surface area (Å²) in [6, 6.07) is 13.7. The van der Waals surface area contributed by atoms with Crippen molar-refractivity contribution in [2.75, 3.05) is 25.8 Å². The number of amides is 1. The number of para-hydroxylation sites is 1. The molecule has 0 saturated carbocycles. The van der Waals surface area contributed by atoms with Crippen molar-refractivity contribution in [1.82, 2.24) is 19.8 Å². The SMILES string of the molecule is COc1ccccc1CN(C)C(=O)CSc1nnc(-c2ccccc2F)n1N. The third-order valence-electron chi connectivity index (χ3n) is 4.13. The number of thioether (sulfide) groups is 1. The first-order valence-corrected chi connectivity index (χ1v) is 9.44. The van der Waals surface area contributed by atoms with Gasteiger partial charge in [-0.15, -0.1) is 10.2 Å². The number of methoxy groups -OCH3 is 1. The van der Waals surface area contributed by atoms with Crippen LogP contribution in [0.5, 0.6) is 5.75 Å². The van der Waals surface area contributed by atoms with Gasteiger partial charge in [0.05, 0.1) is 18.4 Å². The molecule has 0 radical (unpaired) electrons. The maximum Gasteiger partial charge on any atom is 0.233 e. The minimum atomic E-state index is -0.439. The van der Waals surface area contributed by atoms with Gasteiger partial charge in [0.2, 0.25) is 11.1 Å². The Kier molecular flexibility index (Phi) is 6.15. The first-order chi connectivity index (χ1) is 13.5. The molecule has 0 spiro atoms. The van der Waals surface area contributed by atoms with Crippen LogP contribution < -0.4 is 10.6 Å². The summed E-state index contributed by atoms with van der Waals surface area (Å²) in [5, 5.41) is 8.25. The third-order valence-corrected chi connectivity index (χ3v) is 5.06. The van der Waals surface area contributed by atoms with Crippen LogP contribution in [0.1, 0.15) is 5.56 Å². The molecule has 1 aromatic heterocycles. The van der Waals surface area contributed by atoms with Gasteiger partial charge in [0.15, 0.2) is 5.82 Å². The quantitative estimate of drug-likeness (QED) is 0.484. The van der Waals surface area contributed by atoms with Crippen molar-refractivity contribution < 1.29 is 13.9 Å². The topological polar surface area (TPSA) is 86.3 Å². The molecule has 0 fully saturated rings. The summed E-state index contributed by atoms with van der Waals surface area (Å²) >= 11 is 1.14. The molecule has 28 heavy (non-hydrogen) atoms. The smallest absolute Gasteiger partial charge is 0.233 e. The molecule has 0 atom stereocenters. The minimum absolute atomic E-state index is 0.105. The van der Waals surface area contributed by atoms with E-state index >= 15 is 0 Å². The molecule has 1 heterocycles. The van der Waals surface area contributed by atoms with Crippen molar-refractivity contribution in [3.05, 3.63) is 59.9 Å². The maximum atomic E-state index is 13.9. The number of nitrogen functional groups attached to an aromatic ring is 1. The molecule has 9 heteroatoms. The van der Waals surface area contributed by atoms with Gasteiger partial charge in [0, 0.05) is 19.2 Å². The fourth-order valence-electron chi connectivity index (χ4n) is 2.62. The average molecular weight is 401 g/mol. The zero-order valence-corrected chi connectivity index (χ0v) is 16.3. The Balaban J connectivity index is 1.64. The largest absolute Gasteiger partial charge is 0.496 e. The molecule has 0 unspecified atom stereocenters. The number of hydrogen-bond donors (Lipinski definition) is 1. The summed E-state index contributed by atoms with van der Waals surface area (Å²) < 4.78 is 20.4. The van der Waals surface area contributed by atoms with Crippen molar-refractivity contribution in [3.8, 4) is 17.1 Å². The van der Waals surface area contributed by atoms with Gasteiger partial charge in [0.1, 0.15) is 11.6 Å². The summed E-state index contributed by atoms with van der Waals surface area (Å²) in [6.07, 6.45) is 0. The lowest BCUT2D eigenvalue weighted by Gasteiger charge is -2.18. The van der Waals surface area contributed by atoms with Crippen molar-refractivity contribution in [2.24, 2.45) is 0 Å². The predicted molar refractivity (Wildman–Crippen MR) is 106 cm³/mol. The van der Waals surface area contributed by atoms with E-state index in [1.807, 2.05) is 24.3 Å². The zero-order chi connectivity index (χ0) is 20.1. The molecule has 2 N–H and O–H groups in total. The van der Waals surface area contributed by atoms with E-state index in [0.29, 0.717) is 11.7 Å². The lowest BCUT2D eigenvalue weighted by Crippen LogP contribution is -2.28. The van der Waals surface area contributed by atoms with Gasteiger partial charge in [-0.1, -0.05) is 42.1 Å². The normalized spacial score (nSPS) is 10.7. The van der Waals surface area contributed by atoms with Crippen LogP contribution in [-0.4, -0.2) is 45.6 Å².